The second-order valence-electron chi connectivity index (χ2n) is 6.26. The van der Waals surface area contributed by atoms with Crippen molar-refractivity contribution >= 4 is 39.8 Å². The van der Waals surface area contributed by atoms with E-state index in [1.165, 1.54) is 6.33 Å². The highest BCUT2D eigenvalue weighted by Crippen LogP contribution is 2.32. The normalized spacial score (nSPS) is 15.1. The van der Waals surface area contributed by atoms with Crippen molar-refractivity contribution in [2.24, 2.45) is 5.92 Å². The number of nitrogens with two attached hydrogens (primary N) is 1. The molecular formula is C17H24N6O2S. The summed E-state index contributed by atoms with van der Waals surface area (Å²) in [6, 6.07) is 0. The number of ether oxygens (including phenoxy) is 1. The lowest BCUT2D eigenvalue weighted by Crippen LogP contribution is -2.37. The Morgan fingerprint density at radius 3 is 2.73 bits per heavy atom. The van der Waals surface area contributed by atoms with E-state index in [0.29, 0.717) is 37.0 Å². The minimum absolute atomic E-state index is 0.0480. The second kappa shape index (κ2) is 7.86. The third-order valence-electron chi connectivity index (χ3n) is 4.53. The van der Waals surface area contributed by atoms with Gasteiger partial charge in [0.25, 0.3) is 0 Å². The molecule has 2 aromatic rings. The maximum absolute atomic E-state index is 11.9. The Bertz CT molecular complexity index is 766. The van der Waals surface area contributed by atoms with Crippen molar-refractivity contribution in [2.75, 3.05) is 35.6 Å². The van der Waals surface area contributed by atoms with Crippen LogP contribution in [0.3, 0.4) is 0 Å². The van der Waals surface area contributed by atoms with E-state index in [9.17, 15) is 4.79 Å². The number of hydrogen-bond donors (Lipinski definition) is 2. The van der Waals surface area contributed by atoms with Crippen LogP contribution < -0.4 is 16.0 Å². The molecule has 8 nitrogen and oxygen atoms in total. The Morgan fingerprint density at radius 1 is 1.38 bits per heavy atom. The van der Waals surface area contributed by atoms with Crippen LogP contribution in [0, 0.1) is 19.8 Å². The SMILES string of the molecule is CCOC(=O)C1CCN(c2ncnc(Nc3nc(C)c(C)s3)c2N)CC1. The van der Waals surface area contributed by atoms with E-state index in [2.05, 4.69) is 25.2 Å². The summed E-state index contributed by atoms with van der Waals surface area (Å²) in [5.74, 6) is 1.08. The predicted molar refractivity (Wildman–Crippen MR) is 103 cm³/mol. The van der Waals surface area contributed by atoms with Crippen LogP contribution in [-0.2, 0) is 9.53 Å². The average molecular weight is 376 g/mol. The van der Waals surface area contributed by atoms with Crippen LogP contribution in [0.4, 0.5) is 22.5 Å². The molecule has 0 radical (unpaired) electrons. The maximum Gasteiger partial charge on any atom is 0.309 e. The van der Waals surface area contributed by atoms with E-state index >= 15 is 0 Å². The van der Waals surface area contributed by atoms with Gasteiger partial charge in [0, 0.05) is 18.0 Å². The number of esters is 1. The van der Waals surface area contributed by atoms with Gasteiger partial charge in [-0.3, -0.25) is 4.79 Å². The van der Waals surface area contributed by atoms with Gasteiger partial charge in [0.15, 0.2) is 16.8 Å². The van der Waals surface area contributed by atoms with Crippen molar-refractivity contribution in [3.8, 4) is 0 Å². The number of carbonyl (C=O) groups excluding carboxylic acids is 1. The molecule has 1 saturated heterocycles. The first-order valence-corrected chi connectivity index (χ1v) is 9.54. The van der Waals surface area contributed by atoms with E-state index in [0.717, 1.165) is 28.5 Å². The molecule has 1 aliphatic rings. The number of nitrogen functional groups attached to an aromatic ring is 1. The van der Waals surface area contributed by atoms with Crippen LogP contribution >= 0.6 is 11.3 Å². The lowest BCUT2D eigenvalue weighted by atomic mass is 9.97. The summed E-state index contributed by atoms with van der Waals surface area (Å²) in [6.45, 7) is 7.66. The fourth-order valence-electron chi connectivity index (χ4n) is 2.95. The highest BCUT2D eigenvalue weighted by Gasteiger charge is 2.28. The van der Waals surface area contributed by atoms with Gasteiger partial charge in [0.2, 0.25) is 0 Å². The van der Waals surface area contributed by atoms with E-state index in [4.69, 9.17) is 10.5 Å². The van der Waals surface area contributed by atoms with Gasteiger partial charge in [-0.05, 0) is 33.6 Å². The molecule has 2 aromatic heterocycles. The Hall–Kier alpha value is -2.42. The van der Waals surface area contributed by atoms with Crippen molar-refractivity contribution in [1.82, 2.24) is 15.0 Å². The third kappa shape index (κ3) is 3.87. The molecule has 1 fully saturated rings. The molecule has 0 atom stereocenters. The van der Waals surface area contributed by atoms with Gasteiger partial charge in [-0.2, -0.15) is 0 Å². The topological polar surface area (TPSA) is 106 Å². The summed E-state index contributed by atoms with van der Waals surface area (Å²) in [4.78, 5) is 28.2. The van der Waals surface area contributed by atoms with Crippen molar-refractivity contribution in [2.45, 2.75) is 33.6 Å². The summed E-state index contributed by atoms with van der Waals surface area (Å²) in [5.41, 5.74) is 7.79. The fraction of sp³-hybridized carbons (Fsp3) is 0.529. The molecule has 9 heteroatoms. The van der Waals surface area contributed by atoms with Crippen molar-refractivity contribution in [1.29, 1.82) is 0 Å². The van der Waals surface area contributed by atoms with Crippen LogP contribution in [0.1, 0.15) is 30.3 Å². The van der Waals surface area contributed by atoms with E-state index in [1.807, 2.05) is 20.8 Å². The summed E-state index contributed by atoms with van der Waals surface area (Å²) in [6.07, 6.45) is 2.96. The zero-order valence-corrected chi connectivity index (χ0v) is 16.1. The summed E-state index contributed by atoms with van der Waals surface area (Å²) >= 11 is 1.56. The quantitative estimate of drug-likeness (QED) is 0.767. The van der Waals surface area contributed by atoms with Gasteiger partial charge in [-0.1, -0.05) is 0 Å². The molecule has 1 aliphatic heterocycles. The van der Waals surface area contributed by atoms with Crippen molar-refractivity contribution in [3.63, 3.8) is 0 Å². The number of thiazole rings is 1. The van der Waals surface area contributed by atoms with Crippen LogP contribution in [0.5, 0.6) is 0 Å². The van der Waals surface area contributed by atoms with Crippen molar-refractivity contribution in [3.05, 3.63) is 16.9 Å². The van der Waals surface area contributed by atoms with Gasteiger partial charge >= 0.3 is 5.97 Å². The molecule has 0 aliphatic carbocycles. The van der Waals surface area contributed by atoms with Gasteiger partial charge in [-0.25, -0.2) is 15.0 Å². The minimum atomic E-state index is -0.111. The highest BCUT2D eigenvalue weighted by atomic mass is 32.1. The Kier molecular flexibility index (Phi) is 5.55. The first kappa shape index (κ1) is 18.4. The van der Waals surface area contributed by atoms with Gasteiger partial charge in [0.05, 0.1) is 18.2 Å². The van der Waals surface area contributed by atoms with Gasteiger partial charge in [-0.15, -0.1) is 11.3 Å². The van der Waals surface area contributed by atoms with Crippen molar-refractivity contribution < 1.29 is 9.53 Å². The minimum Gasteiger partial charge on any atom is -0.466 e. The van der Waals surface area contributed by atoms with Crippen LogP contribution in [0.25, 0.3) is 0 Å². The number of anilines is 4. The first-order chi connectivity index (χ1) is 12.5. The number of nitrogens with zero attached hydrogens (tertiary/aromatic N) is 4. The summed E-state index contributed by atoms with van der Waals surface area (Å²) < 4.78 is 5.12. The standard InChI is InChI=1S/C17H24N6O2S/c1-4-25-16(24)12-5-7-23(8-6-12)15-13(18)14(19-9-20-15)22-17-21-10(2)11(3)26-17/h9,12H,4-8,18H2,1-3H3,(H,19,20,21,22). The molecule has 26 heavy (non-hydrogen) atoms. The van der Waals surface area contributed by atoms with E-state index < -0.39 is 0 Å². The van der Waals surface area contributed by atoms with E-state index in [1.54, 1.807) is 11.3 Å². The zero-order chi connectivity index (χ0) is 18.7. The smallest absolute Gasteiger partial charge is 0.309 e. The van der Waals surface area contributed by atoms with Crippen LogP contribution in [0.2, 0.25) is 0 Å². The largest absolute Gasteiger partial charge is 0.466 e. The molecule has 0 unspecified atom stereocenters. The van der Waals surface area contributed by atoms with E-state index in [-0.39, 0.29) is 11.9 Å². The third-order valence-corrected chi connectivity index (χ3v) is 5.52. The first-order valence-electron chi connectivity index (χ1n) is 8.72. The highest BCUT2D eigenvalue weighted by molar-refractivity contribution is 7.15. The monoisotopic (exact) mass is 376 g/mol. The number of piperidine rings is 1. The molecule has 0 bridgehead atoms. The number of carbonyl (C=O) groups is 1. The molecule has 3 N–H and O–H groups in total. The number of rotatable bonds is 5. The molecule has 3 rings (SSSR count). The fourth-order valence-corrected chi connectivity index (χ4v) is 3.77. The van der Waals surface area contributed by atoms with Gasteiger partial charge < -0.3 is 20.7 Å². The van der Waals surface area contributed by atoms with Gasteiger partial charge in [0.1, 0.15) is 12.0 Å². The molecule has 0 spiro atoms. The van der Waals surface area contributed by atoms with Crippen LogP contribution in [0.15, 0.2) is 6.33 Å². The number of aromatic nitrogens is 3. The van der Waals surface area contributed by atoms with Crippen LogP contribution in [-0.4, -0.2) is 40.6 Å². The lowest BCUT2D eigenvalue weighted by molar-refractivity contribution is -0.148. The molecule has 0 saturated carbocycles. The second-order valence-corrected chi connectivity index (χ2v) is 7.46. The molecule has 140 valence electrons. The molecule has 0 aromatic carbocycles. The average Bonchev–Trinajstić information content (AvgIpc) is 2.95. The number of aryl methyl sites for hydroxylation is 2. The molecule has 3 heterocycles. The lowest BCUT2D eigenvalue weighted by Gasteiger charge is -2.32. The number of nitrogens with one attached hydrogen (secondary N) is 1. The summed E-state index contributed by atoms with van der Waals surface area (Å²) in [7, 11) is 0. The zero-order valence-electron chi connectivity index (χ0n) is 15.3. The predicted octanol–water partition coefficient (Wildman–Crippen LogP) is 2.66. The number of hydrogen-bond acceptors (Lipinski definition) is 9. The summed E-state index contributed by atoms with van der Waals surface area (Å²) in [5, 5.41) is 3.95. The molecule has 0 amide bonds. The Morgan fingerprint density at radius 2 is 2.12 bits per heavy atom. The Labute approximate surface area is 156 Å². The Balaban J connectivity index is 1.70. The molecular weight excluding hydrogens is 352 g/mol. The maximum atomic E-state index is 11.9.